The highest BCUT2D eigenvalue weighted by Gasteiger charge is 2.25. The van der Waals surface area contributed by atoms with Gasteiger partial charge in [0.15, 0.2) is 23.5 Å². The molecule has 0 aliphatic rings. The molecular formula is C10H8F4N2O3. The number of nitrogens with two attached hydrogens (primary N) is 1. The molecule has 5 nitrogen and oxygen atoms in total. The van der Waals surface area contributed by atoms with Gasteiger partial charge >= 0.3 is 6.03 Å². The molecule has 1 rings (SSSR count). The molecule has 0 aromatic heterocycles. The molecule has 3 amide bonds. The minimum absolute atomic E-state index is 0.00826. The molecule has 0 bridgehead atoms. The molecule has 0 aliphatic carbocycles. The third-order valence-electron chi connectivity index (χ3n) is 1.98. The molecule has 0 aliphatic heterocycles. The number of halogens is 4. The lowest BCUT2D eigenvalue weighted by atomic mass is 10.2. The largest absolute Gasteiger partial charge is 0.474 e. The molecule has 1 aromatic carbocycles. The zero-order valence-electron chi connectivity index (χ0n) is 9.47. The minimum atomic E-state index is -1.79. The maximum absolute atomic E-state index is 13.2. The summed E-state index contributed by atoms with van der Waals surface area (Å²) in [6, 6.07) is -1.22. The van der Waals surface area contributed by atoms with E-state index in [1.807, 2.05) is 0 Å². The Morgan fingerprint density at radius 3 is 2.11 bits per heavy atom. The van der Waals surface area contributed by atoms with E-state index in [-0.39, 0.29) is 6.07 Å². The lowest BCUT2D eigenvalue weighted by molar-refractivity contribution is -0.126. The summed E-state index contributed by atoms with van der Waals surface area (Å²) in [5.41, 5.74) is 4.64. The summed E-state index contributed by atoms with van der Waals surface area (Å²) in [5, 5.41) is 1.57. The van der Waals surface area contributed by atoms with E-state index in [1.54, 1.807) is 5.32 Å². The van der Waals surface area contributed by atoms with Crippen molar-refractivity contribution in [3.63, 3.8) is 0 Å². The first-order chi connectivity index (χ1) is 8.73. The number of urea groups is 1. The Bertz CT molecular complexity index is 510. The second-order valence-electron chi connectivity index (χ2n) is 3.41. The molecule has 1 atom stereocenters. The van der Waals surface area contributed by atoms with Crippen molar-refractivity contribution >= 4 is 11.9 Å². The first-order valence-corrected chi connectivity index (χ1v) is 4.84. The molecule has 0 saturated heterocycles. The number of rotatable bonds is 3. The van der Waals surface area contributed by atoms with Gasteiger partial charge in [0.1, 0.15) is 0 Å². The summed E-state index contributed by atoms with van der Waals surface area (Å²) >= 11 is 0. The van der Waals surface area contributed by atoms with E-state index in [2.05, 4.69) is 10.5 Å². The predicted molar refractivity (Wildman–Crippen MR) is 54.1 cm³/mol. The van der Waals surface area contributed by atoms with Crippen LogP contribution in [-0.4, -0.2) is 18.0 Å². The van der Waals surface area contributed by atoms with Gasteiger partial charge in [-0.2, -0.15) is 8.78 Å². The molecule has 1 aromatic rings. The van der Waals surface area contributed by atoms with Gasteiger partial charge in [-0.1, -0.05) is 0 Å². The summed E-state index contributed by atoms with van der Waals surface area (Å²) in [4.78, 5) is 21.6. The number of nitrogens with one attached hydrogen (secondary N) is 1. The van der Waals surface area contributed by atoms with Crippen molar-refractivity contribution in [2.75, 3.05) is 0 Å². The summed E-state index contributed by atoms with van der Waals surface area (Å²) in [5.74, 6) is -9.48. The van der Waals surface area contributed by atoms with Crippen LogP contribution in [0.25, 0.3) is 0 Å². The Kier molecular flexibility index (Phi) is 4.30. The second kappa shape index (κ2) is 5.55. The number of carbonyl (C=O) groups is 2. The minimum Gasteiger partial charge on any atom is -0.474 e. The molecule has 1 unspecified atom stereocenters. The van der Waals surface area contributed by atoms with Crippen molar-refractivity contribution < 1.29 is 31.9 Å². The van der Waals surface area contributed by atoms with Gasteiger partial charge in [0.2, 0.25) is 11.6 Å². The average molecular weight is 280 g/mol. The summed E-state index contributed by atoms with van der Waals surface area (Å²) in [6.07, 6.45) is -1.60. The Morgan fingerprint density at radius 1 is 1.21 bits per heavy atom. The van der Waals surface area contributed by atoms with E-state index in [1.165, 1.54) is 0 Å². The van der Waals surface area contributed by atoms with Crippen molar-refractivity contribution in [1.82, 2.24) is 5.32 Å². The lowest BCUT2D eigenvalue weighted by Crippen LogP contribution is -2.42. The van der Waals surface area contributed by atoms with E-state index < -0.39 is 47.1 Å². The molecular weight excluding hydrogens is 272 g/mol. The molecule has 3 N–H and O–H groups in total. The SMILES string of the molecule is CC(Oc1c(F)c(F)cc(F)c1F)C(=O)NC(N)=O. The number of carbonyl (C=O) groups excluding carboxylic acids is 2. The quantitative estimate of drug-likeness (QED) is 0.645. The third-order valence-corrected chi connectivity index (χ3v) is 1.98. The molecule has 19 heavy (non-hydrogen) atoms. The van der Waals surface area contributed by atoms with Gasteiger partial charge in [-0.25, -0.2) is 13.6 Å². The van der Waals surface area contributed by atoms with E-state index in [4.69, 9.17) is 0 Å². The van der Waals surface area contributed by atoms with Gasteiger partial charge in [0.25, 0.3) is 5.91 Å². The zero-order valence-corrected chi connectivity index (χ0v) is 9.47. The molecule has 0 radical (unpaired) electrons. The highest BCUT2D eigenvalue weighted by molar-refractivity contribution is 5.95. The number of primary amides is 1. The molecule has 9 heteroatoms. The van der Waals surface area contributed by atoms with Crippen molar-refractivity contribution in [1.29, 1.82) is 0 Å². The van der Waals surface area contributed by atoms with Crippen LogP contribution in [0, 0.1) is 23.3 Å². The van der Waals surface area contributed by atoms with E-state index >= 15 is 0 Å². The topological polar surface area (TPSA) is 81.4 Å². The second-order valence-corrected chi connectivity index (χ2v) is 3.41. The van der Waals surface area contributed by atoms with E-state index in [9.17, 15) is 27.2 Å². The number of amides is 3. The Labute approximate surface area is 104 Å². The Morgan fingerprint density at radius 2 is 1.68 bits per heavy atom. The van der Waals surface area contributed by atoms with Crippen molar-refractivity contribution in [2.24, 2.45) is 5.73 Å². The van der Waals surface area contributed by atoms with Crippen molar-refractivity contribution in [3.05, 3.63) is 29.3 Å². The summed E-state index contributed by atoms with van der Waals surface area (Å²) in [7, 11) is 0. The van der Waals surface area contributed by atoms with E-state index in [0.29, 0.717) is 0 Å². The number of hydrogen-bond acceptors (Lipinski definition) is 3. The fourth-order valence-electron chi connectivity index (χ4n) is 1.11. The first-order valence-electron chi connectivity index (χ1n) is 4.84. The highest BCUT2D eigenvalue weighted by atomic mass is 19.2. The van der Waals surface area contributed by atoms with Crippen LogP contribution in [-0.2, 0) is 4.79 Å². The zero-order chi connectivity index (χ0) is 14.7. The van der Waals surface area contributed by atoms with Crippen LogP contribution in [0.15, 0.2) is 6.07 Å². The Hall–Kier alpha value is -2.32. The van der Waals surface area contributed by atoms with Gasteiger partial charge in [-0.05, 0) is 6.92 Å². The Balaban J connectivity index is 3.00. The van der Waals surface area contributed by atoms with Gasteiger partial charge in [-0.15, -0.1) is 0 Å². The molecule has 0 fully saturated rings. The van der Waals surface area contributed by atoms with Crippen LogP contribution < -0.4 is 15.8 Å². The van der Waals surface area contributed by atoms with Crippen LogP contribution in [0.1, 0.15) is 6.92 Å². The van der Waals surface area contributed by atoms with Crippen molar-refractivity contribution in [2.45, 2.75) is 13.0 Å². The van der Waals surface area contributed by atoms with Gasteiger partial charge < -0.3 is 10.5 Å². The van der Waals surface area contributed by atoms with Crippen molar-refractivity contribution in [3.8, 4) is 5.75 Å². The predicted octanol–water partition coefficient (Wildman–Crippen LogP) is 1.21. The van der Waals surface area contributed by atoms with Crippen LogP contribution in [0.3, 0.4) is 0 Å². The number of benzene rings is 1. The monoisotopic (exact) mass is 280 g/mol. The number of imide groups is 1. The first kappa shape index (κ1) is 14.7. The molecule has 0 spiro atoms. The van der Waals surface area contributed by atoms with Crippen LogP contribution >= 0.6 is 0 Å². The standard InChI is InChI=1S/C10H8F4N2O3/c1-3(9(17)16-10(15)18)19-8-6(13)4(11)2-5(12)7(8)14/h2-3H,1H3,(H3,15,16,17,18). The molecule has 104 valence electrons. The lowest BCUT2D eigenvalue weighted by Gasteiger charge is -2.14. The smallest absolute Gasteiger partial charge is 0.318 e. The summed E-state index contributed by atoms with van der Waals surface area (Å²) in [6.45, 7) is 1.000. The molecule has 0 saturated carbocycles. The fraction of sp³-hybridized carbons (Fsp3) is 0.200. The fourth-order valence-corrected chi connectivity index (χ4v) is 1.11. The van der Waals surface area contributed by atoms with Gasteiger partial charge in [0, 0.05) is 6.07 Å². The van der Waals surface area contributed by atoms with Crippen LogP contribution in [0.4, 0.5) is 22.4 Å². The highest BCUT2D eigenvalue weighted by Crippen LogP contribution is 2.27. The summed E-state index contributed by atoms with van der Waals surface area (Å²) < 4.78 is 56.5. The van der Waals surface area contributed by atoms with E-state index in [0.717, 1.165) is 6.92 Å². The molecule has 0 heterocycles. The van der Waals surface area contributed by atoms with Gasteiger partial charge in [-0.3, -0.25) is 10.1 Å². The third kappa shape index (κ3) is 3.33. The number of ether oxygens (including phenoxy) is 1. The normalized spacial score (nSPS) is 11.8. The van der Waals surface area contributed by atoms with Crippen LogP contribution in [0.5, 0.6) is 5.75 Å². The average Bonchev–Trinajstić information content (AvgIpc) is 2.31. The maximum Gasteiger partial charge on any atom is 0.318 e. The number of hydrogen-bond donors (Lipinski definition) is 2. The van der Waals surface area contributed by atoms with Gasteiger partial charge in [0.05, 0.1) is 0 Å². The maximum atomic E-state index is 13.2. The van der Waals surface area contributed by atoms with Crippen LogP contribution in [0.2, 0.25) is 0 Å².